The van der Waals surface area contributed by atoms with E-state index in [1.807, 2.05) is 30.3 Å². The molecule has 0 amide bonds. The molecule has 1 aliphatic heterocycles. The first-order valence-electron chi connectivity index (χ1n) is 9.22. The van der Waals surface area contributed by atoms with Crippen LogP contribution in [0.4, 0.5) is 0 Å². The number of aryl methyl sites for hydroxylation is 2. The van der Waals surface area contributed by atoms with Gasteiger partial charge in [0.1, 0.15) is 5.82 Å². The Labute approximate surface area is 159 Å². The second kappa shape index (κ2) is 7.64. The standard InChI is InChI=1S/C23H23N3O/c1-2-8-19-15-20(17-25(27)16-19)23-24-21-11-6-7-12-22(21)26(23)14-13-18-9-4-3-5-10-18/h2-7,9-12,15,17,27H,1,8,13-14,16H2. The van der Waals surface area contributed by atoms with Crippen LogP contribution in [0.2, 0.25) is 0 Å². The maximum atomic E-state index is 10.2. The number of imidazole rings is 1. The molecule has 0 fully saturated rings. The summed E-state index contributed by atoms with van der Waals surface area (Å²) in [5, 5.41) is 11.4. The van der Waals surface area contributed by atoms with Gasteiger partial charge in [0, 0.05) is 18.3 Å². The molecule has 0 unspecified atom stereocenters. The first kappa shape index (κ1) is 17.3. The van der Waals surface area contributed by atoms with Gasteiger partial charge >= 0.3 is 0 Å². The third-order valence-corrected chi connectivity index (χ3v) is 4.80. The smallest absolute Gasteiger partial charge is 0.142 e. The number of nitrogens with zero attached hydrogens (tertiary/aromatic N) is 3. The highest BCUT2D eigenvalue weighted by Crippen LogP contribution is 2.27. The summed E-state index contributed by atoms with van der Waals surface area (Å²) >= 11 is 0. The molecule has 0 saturated carbocycles. The Bertz CT molecular complexity index is 1010. The molecule has 136 valence electrons. The van der Waals surface area contributed by atoms with Gasteiger partial charge in [0.2, 0.25) is 0 Å². The van der Waals surface area contributed by atoms with Gasteiger partial charge in [-0.25, -0.2) is 4.98 Å². The highest BCUT2D eigenvalue weighted by molar-refractivity contribution is 5.82. The van der Waals surface area contributed by atoms with E-state index < -0.39 is 0 Å². The number of fused-ring (bicyclic) bond motifs is 1. The average molecular weight is 357 g/mol. The minimum atomic E-state index is 0.500. The second-order valence-corrected chi connectivity index (χ2v) is 6.79. The Morgan fingerprint density at radius 2 is 1.85 bits per heavy atom. The van der Waals surface area contributed by atoms with Gasteiger partial charge in [0.25, 0.3) is 0 Å². The Balaban J connectivity index is 1.75. The fraction of sp³-hybridized carbons (Fsp3) is 0.174. The number of hydroxylamine groups is 2. The first-order valence-corrected chi connectivity index (χ1v) is 9.22. The van der Waals surface area contributed by atoms with Crippen molar-refractivity contribution < 1.29 is 5.21 Å². The predicted octanol–water partition coefficient (Wildman–Crippen LogP) is 4.83. The lowest BCUT2D eigenvalue weighted by Gasteiger charge is -2.21. The number of rotatable bonds is 6. The van der Waals surface area contributed by atoms with E-state index in [-0.39, 0.29) is 0 Å². The number of para-hydroxylation sites is 2. The third kappa shape index (κ3) is 3.71. The molecule has 27 heavy (non-hydrogen) atoms. The van der Waals surface area contributed by atoms with Crippen LogP contribution in [-0.4, -0.2) is 26.4 Å². The third-order valence-electron chi connectivity index (χ3n) is 4.80. The molecule has 0 atom stereocenters. The zero-order valence-corrected chi connectivity index (χ0v) is 15.3. The van der Waals surface area contributed by atoms with Gasteiger partial charge in [-0.2, -0.15) is 0 Å². The van der Waals surface area contributed by atoms with Crippen molar-refractivity contribution in [3.8, 4) is 0 Å². The van der Waals surface area contributed by atoms with Gasteiger partial charge in [-0.05, 0) is 42.2 Å². The van der Waals surface area contributed by atoms with Crippen molar-refractivity contribution in [2.24, 2.45) is 0 Å². The van der Waals surface area contributed by atoms with Crippen LogP contribution in [0.25, 0.3) is 16.6 Å². The highest BCUT2D eigenvalue weighted by atomic mass is 16.5. The summed E-state index contributed by atoms with van der Waals surface area (Å²) in [6, 6.07) is 18.7. The first-order chi connectivity index (χ1) is 13.2. The van der Waals surface area contributed by atoms with Crippen molar-refractivity contribution in [1.29, 1.82) is 0 Å². The topological polar surface area (TPSA) is 41.3 Å². The van der Waals surface area contributed by atoms with Gasteiger partial charge in [-0.3, -0.25) is 10.3 Å². The van der Waals surface area contributed by atoms with Crippen LogP contribution in [0.1, 0.15) is 17.8 Å². The molecule has 1 aliphatic rings. The van der Waals surface area contributed by atoms with E-state index in [1.54, 1.807) is 6.20 Å². The predicted molar refractivity (Wildman–Crippen MR) is 109 cm³/mol. The van der Waals surface area contributed by atoms with E-state index in [0.29, 0.717) is 6.54 Å². The van der Waals surface area contributed by atoms with Crippen molar-refractivity contribution in [1.82, 2.24) is 14.6 Å². The fourth-order valence-corrected chi connectivity index (χ4v) is 3.56. The van der Waals surface area contributed by atoms with Crippen molar-refractivity contribution in [2.75, 3.05) is 6.54 Å². The van der Waals surface area contributed by atoms with Crippen LogP contribution < -0.4 is 0 Å². The van der Waals surface area contributed by atoms with E-state index in [2.05, 4.69) is 47.6 Å². The van der Waals surface area contributed by atoms with Gasteiger partial charge in [0.15, 0.2) is 0 Å². The molecule has 1 N–H and O–H groups in total. The molecule has 0 radical (unpaired) electrons. The second-order valence-electron chi connectivity index (χ2n) is 6.79. The fourth-order valence-electron chi connectivity index (χ4n) is 3.56. The number of benzene rings is 2. The number of aromatic nitrogens is 2. The van der Waals surface area contributed by atoms with Gasteiger partial charge in [0.05, 0.1) is 17.6 Å². The zero-order chi connectivity index (χ0) is 18.6. The molecule has 1 aromatic heterocycles. The summed E-state index contributed by atoms with van der Waals surface area (Å²) in [5.74, 6) is 0.882. The van der Waals surface area contributed by atoms with E-state index in [4.69, 9.17) is 4.98 Å². The van der Waals surface area contributed by atoms with Crippen LogP contribution in [0.5, 0.6) is 0 Å². The Morgan fingerprint density at radius 1 is 1.07 bits per heavy atom. The molecule has 0 spiro atoms. The summed E-state index contributed by atoms with van der Waals surface area (Å²) in [6.45, 7) is 5.14. The van der Waals surface area contributed by atoms with Crippen molar-refractivity contribution in [3.05, 3.63) is 96.5 Å². The number of allylic oxidation sites excluding steroid dienone is 3. The summed E-state index contributed by atoms with van der Waals surface area (Å²) in [4.78, 5) is 4.86. The van der Waals surface area contributed by atoms with Crippen molar-refractivity contribution in [2.45, 2.75) is 19.4 Å². The summed E-state index contributed by atoms with van der Waals surface area (Å²) in [7, 11) is 0. The summed E-state index contributed by atoms with van der Waals surface area (Å²) in [6.07, 6.45) is 7.41. The van der Waals surface area contributed by atoms with Crippen LogP contribution in [0.3, 0.4) is 0 Å². The number of hydrogen-bond acceptors (Lipinski definition) is 3. The molecule has 4 nitrogen and oxygen atoms in total. The van der Waals surface area contributed by atoms with Crippen LogP contribution in [0, 0.1) is 0 Å². The van der Waals surface area contributed by atoms with Crippen molar-refractivity contribution >= 4 is 16.6 Å². The maximum Gasteiger partial charge on any atom is 0.142 e. The van der Waals surface area contributed by atoms with E-state index in [0.717, 1.165) is 47.4 Å². The largest absolute Gasteiger partial charge is 0.324 e. The van der Waals surface area contributed by atoms with Gasteiger partial charge < -0.3 is 4.57 Å². The van der Waals surface area contributed by atoms with Crippen LogP contribution >= 0.6 is 0 Å². The molecule has 4 heteroatoms. The van der Waals surface area contributed by atoms with E-state index in [9.17, 15) is 5.21 Å². The number of hydrogen-bond donors (Lipinski definition) is 1. The molecule has 0 aliphatic carbocycles. The summed E-state index contributed by atoms with van der Waals surface area (Å²) in [5.41, 5.74) is 5.41. The zero-order valence-electron chi connectivity index (χ0n) is 15.3. The van der Waals surface area contributed by atoms with E-state index in [1.165, 1.54) is 10.6 Å². The normalized spacial score (nSPS) is 14.2. The lowest BCUT2D eigenvalue weighted by Crippen LogP contribution is -2.20. The lowest BCUT2D eigenvalue weighted by atomic mass is 10.1. The molecule has 2 aromatic carbocycles. The molecular formula is C23H23N3O. The Morgan fingerprint density at radius 3 is 2.67 bits per heavy atom. The quantitative estimate of drug-likeness (QED) is 0.643. The molecule has 0 saturated heterocycles. The minimum absolute atomic E-state index is 0.500. The van der Waals surface area contributed by atoms with Crippen LogP contribution in [-0.2, 0) is 13.0 Å². The molecule has 0 bridgehead atoms. The summed E-state index contributed by atoms with van der Waals surface area (Å²) < 4.78 is 2.25. The minimum Gasteiger partial charge on any atom is -0.324 e. The van der Waals surface area contributed by atoms with E-state index >= 15 is 0 Å². The molecular weight excluding hydrogens is 334 g/mol. The van der Waals surface area contributed by atoms with Crippen LogP contribution in [0.15, 0.2) is 85.1 Å². The Kier molecular flexibility index (Phi) is 4.90. The van der Waals surface area contributed by atoms with Gasteiger partial charge in [-0.1, -0.05) is 48.5 Å². The molecule has 3 aromatic rings. The average Bonchev–Trinajstić information content (AvgIpc) is 3.06. The lowest BCUT2D eigenvalue weighted by molar-refractivity contribution is -0.0324. The monoisotopic (exact) mass is 357 g/mol. The maximum absolute atomic E-state index is 10.2. The molecule has 4 rings (SSSR count). The Hall–Kier alpha value is -3.11. The SMILES string of the molecule is C=CCC1=CC(c2nc3ccccc3n2CCc2ccccc2)=CN(O)C1. The molecule has 2 heterocycles. The van der Waals surface area contributed by atoms with Crippen molar-refractivity contribution in [3.63, 3.8) is 0 Å². The highest BCUT2D eigenvalue weighted by Gasteiger charge is 2.18. The van der Waals surface area contributed by atoms with Gasteiger partial charge in [-0.15, -0.1) is 6.58 Å².